The maximum absolute atomic E-state index is 8.60. The SMILES string of the molecule is N=C(N)N(c1c(Br)cc2cccc3c2c1CC3)C12CC3CC(CC(C3)C1)C2. The predicted octanol–water partition coefficient (Wildman–Crippen LogP) is 5.37. The van der Waals surface area contributed by atoms with Crippen molar-refractivity contribution in [1.82, 2.24) is 0 Å². The van der Waals surface area contributed by atoms with Crippen LogP contribution in [0, 0.1) is 23.2 Å². The second-order valence-corrected chi connectivity index (χ2v) is 10.4. The molecule has 0 saturated heterocycles. The number of anilines is 1. The summed E-state index contributed by atoms with van der Waals surface area (Å²) < 4.78 is 1.11. The van der Waals surface area contributed by atoms with Gasteiger partial charge in [-0.3, -0.25) is 5.41 Å². The Morgan fingerprint density at radius 3 is 2.37 bits per heavy atom. The summed E-state index contributed by atoms with van der Waals surface area (Å²) in [7, 11) is 0. The summed E-state index contributed by atoms with van der Waals surface area (Å²) in [5, 5.41) is 11.3. The summed E-state index contributed by atoms with van der Waals surface area (Å²) >= 11 is 3.89. The third-order valence-corrected chi connectivity index (χ3v) is 8.47. The molecule has 140 valence electrons. The predicted molar refractivity (Wildman–Crippen MR) is 114 cm³/mol. The Labute approximate surface area is 168 Å². The number of hydrogen-bond donors (Lipinski definition) is 2. The number of nitrogens with one attached hydrogen (secondary N) is 1. The summed E-state index contributed by atoms with van der Waals surface area (Å²) in [5.74, 6) is 2.74. The molecule has 4 saturated carbocycles. The molecule has 0 atom stereocenters. The lowest BCUT2D eigenvalue weighted by Gasteiger charge is -2.60. The molecule has 3 N–H and O–H groups in total. The van der Waals surface area contributed by atoms with E-state index in [-0.39, 0.29) is 11.5 Å². The summed E-state index contributed by atoms with van der Waals surface area (Å²) in [4.78, 5) is 2.28. The molecule has 4 bridgehead atoms. The Morgan fingerprint density at radius 2 is 1.74 bits per heavy atom. The Morgan fingerprint density at radius 1 is 1.07 bits per heavy atom. The molecule has 0 aromatic heterocycles. The van der Waals surface area contributed by atoms with Gasteiger partial charge in [-0.1, -0.05) is 18.2 Å². The molecule has 3 nitrogen and oxygen atoms in total. The lowest BCUT2D eigenvalue weighted by Crippen LogP contribution is -2.63. The average molecular weight is 424 g/mol. The molecule has 0 unspecified atom stereocenters. The van der Waals surface area contributed by atoms with Crippen LogP contribution in [0.1, 0.15) is 49.7 Å². The van der Waals surface area contributed by atoms with Crippen LogP contribution in [-0.2, 0) is 12.8 Å². The fourth-order valence-corrected chi connectivity index (χ4v) is 8.14. The van der Waals surface area contributed by atoms with Crippen LogP contribution in [0.15, 0.2) is 28.7 Å². The average Bonchev–Trinajstić information content (AvgIpc) is 3.02. The molecule has 7 rings (SSSR count). The summed E-state index contributed by atoms with van der Waals surface area (Å²) in [6, 6.07) is 8.89. The number of hydrogen-bond acceptors (Lipinski definition) is 1. The van der Waals surface area contributed by atoms with E-state index >= 15 is 0 Å². The van der Waals surface area contributed by atoms with Crippen LogP contribution in [0.25, 0.3) is 10.8 Å². The van der Waals surface area contributed by atoms with Gasteiger partial charge in [0.05, 0.1) is 5.69 Å². The summed E-state index contributed by atoms with van der Waals surface area (Å²) in [6.07, 6.45) is 10.0. The van der Waals surface area contributed by atoms with Crippen molar-refractivity contribution >= 4 is 38.3 Å². The van der Waals surface area contributed by atoms with E-state index in [1.54, 1.807) is 0 Å². The summed E-state index contributed by atoms with van der Waals surface area (Å²) in [5.41, 5.74) is 10.4. The van der Waals surface area contributed by atoms with E-state index in [1.807, 2.05) is 0 Å². The second kappa shape index (κ2) is 5.50. The van der Waals surface area contributed by atoms with E-state index in [0.29, 0.717) is 0 Å². The highest BCUT2D eigenvalue weighted by Crippen LogP contribution is 2.59. The van der Waals surface area contributed by atoms with Crippen LogP contribution >= 0.6 is 15.9 Å². The summed E-state index contributed by atoms with van der Waals surface area (Å²) in [6.45, 7) is 0. The molecule has 0 spiro atoms. The minimum absolute atomic E-state index is 0.0603. The van der Waals surface area contributed by atoms with Gasteiger partial charge in [-0.05, 0) is 113 Å². The van der Waals surface area contributed by atoms with E-state index in [4.69, 9.17) is 11.1 Å². The maximum atomic E-state index is 8.60. The van der Waals surface area contributed by atoms with E-state index < -0.39 is 0 Å². The quantitative estimate of drug-likeness (QED) is 0.503. The van der Waals surface area contributed by atoms with Gasteiger partial charge in [0, 0.05) is 10.0 Å². The lowest BCUT2D eigenvalue weighted by atomic mass is 9.52. The molecule has 27 heavy (non-hydrogen) atoms. The standard InChI is InChI=1S/C23H26BrN3/c24-19-9-17-3-1-2-16-4-5-18(20(16)17)21(19)27(22(25)26)23-10-13-6-14(11-23)8-15(7-13)12-23/h1-3,9,13-15H,4-8,10-12H2,(H3,25,26). The number of aryl methyl sites for hydroxylation is 2. The van der Waals surface area contributed by atoms with Crippen molar-refractivity contribution in [2.45, 2.75) is 56.9 Å². The smallest absolute Gasteiger partial charge is 0.193 e. The first-order chi connectivity index (χ1) is 13.0. The van der Waals surface area contributed by atoms with Gasteiger partial charge in [-0.2, -0.15) is 0 Å². The molecule has 0 aliphatic heterocycles. The number of halogens is 1. The lowest BCUT2D eigenvalue weighted by molar-refractivity contribution is 0.00159. The second-order valence-electron chi connectivity index (χ2n) is 9.56. The van der Waals surface area contributed by atoms with Crippen LogP contribution in [0.3, 0.4) is 0 Å². The van der Waals surface area contributed by atoms with E-state index in [2.05, 4.69) is 45.1 Å². The topological polar surface area (TPSA) is 53.1 Å². The highest BCUT2D eigenvalue weighted by molar-refractivity contribution is 9.10. The third-order valence-electron chi connectivity index (χ3n) is 7.87. The molecule has 0 amide bonds. The van der Waals surface area contributed by atoms with Crippen molar-refractivity contribution in [3.8, 4) is 0 Å². The Balaban J connectivity index is 1.57. The Kier molecular flexibility index (Phi) is 3.34. The number of benzene rings is 2. The monoisotopic (exact) mass is 423 g/mol. The molecule has 2 aromatic rings. The van der Waals surface area contributed by atoms with Gasteiger partial charge in [0.25, 0.3) is 0 Å². The van der Waals surface area contributed by atoms with Crippen molar-refractivity contribution in [1.29, 1.82) is 5.41 Å². The minimum Gasteiger partial charge on any atom is -0.370 e. The van der Waals surface area contributed by atoms with Gasteiger partial charge in [0.1, 0.15) is 0 Å². The molecule has 0 heterocycles. The number of nitrogens with zero attached hydrogens (tertiary/aromatic N) is 1. The van der Waals surface area contributed by atoms with Crippen molar-refractivity contribution in [3.05, 3.63) is 39.9 Å². The number of guanidine groups is 1. The van der Waals surface area contributed by atoms with E-state index in [1.165, 1.54) is 66.1 Å². The Hall–Kier alpha value is -1.55. The largest absolute Gasteiger partial charge is 0.370 e. The molecule has 4 fully saturated rings. The van der Waals surface area contributed by atoms with Crippen LogP contribution in [-0.4, -0.2) is 11.5 Å². The molecular weight excluding hydrogens is 398 g/mol. The van der Waals surface area contributed by atoms with Gasteiger partial charge in [-0.25, -0.2) is 0 Å². The first-order valence-corrected chi connectivity index (χ1v) is 11.2. The van der Waals surface area contributed by atoms with Crippen molar-refractivity contribution in [2.24, 2.45) is 23.5 Å². The van der Waals surface area contributed by atoms with E-state index in [0.717, 1.165) is 35.1 Å². The van der Waals surface area contributed by atoms with E-state index in [9.17, 15) is 0 Å². The Bertz CT molecular complexity index is 944. The van der Waals surface area contributed by atoms with Crippen LogP contribution < -0.4 is 10.6 Å². The van der Waals surface area contributed by atoms with Gasteiger partial charge < -0.3 is 10.6 Å². The van der Waals surface area contributed by atoms with Crippen LogP contribution in [0.5, 0.6) is 0 Å². The number of nitrogens with two attached hydrogens (primary N) is 1. The fourth-order valence-electron chi connectivity index (χ4n) is 7.48. The molecule has 5 aliphatic carbocycles. The molecule has 2 aromatic carbocycles. The van der Waals surface area contributed by atoms with Crippen molar-refractivity contribution in [2.75, 3.05) is 4.90 Å². The van der Waals surface area contributed by atoms with Gasteiger partial charge in [0.15, 0.2) is 5.96 Å². The zero-order chi connectivity index (χ0) is 18.3. The molecular formula is C23H26BrN3. The molecule has 4 heteroatoms. The zero-order valence-electron chi connectivity index (χ0n) is 15.6. The minimum atomic E-state index is 0.0603. The van der Waals surface area contributed by atoms with Crippen molar-refractivity contribution < 1.29 is 0 Å². The van der Waals surface area contributed by atoms with Gasteiger partial charge in [-0.15, -0.1) is 0 Å². The third kappa shape index (κ3) is 2.22. The van der Waals surface area contributed by atoms with Crippen molar-refractivity contribution in [3.63, 3.8) is 0 Å². The first-order valence-electron chi connectivity index (χ1n) is 10.4. The molecule has 5 aliphatic rings. The van der Waals surface area contributed by atoms with Gasteiger partial charge in [0.2, 0.25) is 0 Å². The van der Waals surface area contributed by atoms with Crippen LogP contribution in [0.2, 0.25) is 0 Å². The normalized spacial score (nSPS) is 33.0. The van der Waals surface area contributed by atoms with Crippen LogP contribution in [0.4, 0.5) is 5.69 Å². The zero-order valence-corrected chi connectivity index (χ0v) is 17.2. The van der Waals surface area contributed by atoms with Gasteiger partial charge >= 0.3 is 0 Å². The maximum Gasteiger partial charge on any atom is 0.193 e. The highest BCUT2D eigenvalue weighted by atomic mass is 79.9. The fraction of sp³-hybridized carbons (Fsp3) is 0.522. The highest BCUT2D eigenvalue weighted by Gasteiger charge is 2.55. The first kappa shape index (κ1) is 16.4. The molecule has 0 radical (unpaired) electrons. The number of rotatable bonds is 2.